The van der Waals surface area contributed by atoms with Crippen molar-refractivity contribution >= 4 is 52.2 Å². The van der Waals surface area contributed by atoms with Crippen molar-refractivity contribution in [2.45, 2.75) is 18.0 Å². The summed E-state index contributed by atoms with van der Waals surface area (Å²) in [6.45, 7) is 0.872. The molecule has 3 aromatic rings. The fourth-order valence-electron chi connectivity index (χ4n) is 3.00. The summed E-state index contributed by atoms with van der Waals surface area (Å²) in [5.41, 5.74) is 2.17. The van der Waals surface area contributed by atoms with Crippen LogP contribution in [-0.2, 0) is 17.9 Å². The number of carbonyl (C=O) groups excluding carboxylic acids is 2. The summed E-state index contributed by atoms with van der Waals surface area (Å²) >= 11 is 9.38. The van der Waals surface area contributed by atoms with Gasteiger partial charge >= 0.3 is 0 Å². The Morgan fingerprint density at radius 1 is 1.14 bits per heavy atom. The molecule has 0 radical (unpaired) electrons. The molecular weight excluding hydrogens is 412 g/mol. The van der Waals surface area contributed by atoms with Crippen molar-refractivity contribution in [2.75, 3.05) is 10.7 Å². The average Bonchev–Trinajstić information content (AvgIpc) is 3.23. The third-order valence-electron chi connectivity index (χ3n) is 4.45. The van der Waals surface area contributed by atoms with Crippen LogP contribution in [0, 0.1) is 0 Å². The van der Waals surface area contributed by atoms with Crippen LogP contribution < -0.4 is 10.2 Å². The molecule has 0 saturated carbocycles. The zero-order valence-corrected chi connectivity index (χ0v) is 17.2. The number of carbonyl (C=O) groups is 2. The average molecular weight is 429 g/mol. The lowest BCUT2D eigenvalue weighted by Crippen LogP contribution is -2.35. The van der Waals surface area contributed by atoms with Gasteiger partial charge in [-0.05, 0) is 41.3 Å². The molecule has 1 aliphatic rings. The molecular formula is C21H17ClN2O2S2. The molecule has 0 aliphatic carbocycles. The van der Waals surface area contributed by atoms with Gasteiger partial charge in [-0.1, -0.05) is 35.9 Å². The minimum Gasteiger partial charge on any atom is -0.347 e. The predicted molar refractivity (Wildman–Crippen MR) is 115 cm³/mol. The van der Waals surface area contributed by atoms with Gasteiger partial charge < -0.3 is 10.2 Å². The number of amides is 2. The third-order valence-corrected chi connectivity index (χ3v) is 6.75. The lowest BCUT2D eigenvalue weighted by Gasteiger charge is -2.29. The van der Waals surface area contributed by atoms with Crippen LogP contribution in [0.2, 0.25) is 5.02 Å². The number of halogens is 1. The van der Waals surface area contributed by atoms with E-state index in [0.717, 1.165) is 21.0 Å². The highest BCUT2D eigenvalue weighted by molar-refractivity contribution is 8.00. The lowest BCUT2D eigenvalue weighted by atomic mass is 10.1. The normalized spacial score (nSPS) is 13.3. The van der Waals surface area contributed by atoms with E-state index in [1.54, 1.807) is 28.4 Å². The highest BCUT2D eigenvalue weighted by Crippen LogP contribution is 2.37. The zero-order chi connectivity index (χ0) is 19.5. The van der Waals surface area contributed by atoms with Crippen molar-refractivity contribution in [1.82, 2.24) is 5.32 Å². The van der Waals surface area contributed by atoms with Gasteiger partial charge in [-0.15, -0.1) is 23.1 Å². The summed E-state index contributed by atoms with van der Waals surface area (Å²) in [6.07, 6.45) is 0. The van der Waals surface area contributed by atoms with E-state index < -0.39 is 0 Å². The Morgan fingerprint density at radius 3 is 2.79 bits per heavy atom. The first kappa shape index (κ1) is 19.1. The first-order valence-electron chi connectivity index (χ1n) is 8.73. The van der Waals surface area contributed by atoms with E-state index in [-0.39, 0.29) is 11.8 Å². The predicted octanol–water partition coefficient (Wildman–Crippen LogP) is 4.97. The molecule has 4 rings (SSSR count). The molecule has 0 fully saturated rings. The minimum absolute atomic E-state index is 0.00793. The van der Waals surface area contributed by atoms with Crippen LogP contribution in [0.15, 0.2) is 64.9 Å². The van der Waals surface area contributed by atoms with Crippen molar-refractivity contribution in [3.63, 3.8) is 0 Å². The molecule has 2 heterocycles. The fourth-order valence-corrected chi connectivity index (χ4v) is 4.75. The summed E-state index contributed by atoms with van der Waals surface area (Å²) in [4.78, 5) is 29.0. The van der Waals surface area contributed by atoms with Crippen molar-refractivity contribution < 1.29 is 9.59 Å². The van der Waals surface area contributed by atoms with Crippen molar-refractivity contribution in [3.8, 4) is 0 Å². The molecule has 0 saturated heterocycles. The first-order valence-corrected chi connectivity index (χ1v) is 11.0. The van der Waals surface area contributed by atoms with E-state index in [2.05, 4.69) is 5.32 Å². The number of thioether (sulfide) groups is 1. The van der Waals surface area contributed by atoms with Crippen LogP contribution in [0.3, 0.4) is 0 Å². The monoisotopic (exact) mass is 428 g/mol. The van der Waals surface area contributed by atoms with Gasteiger partial charge in [-0.2, -0.15) is 0 Å². The Bertz CT molecular complexity index is 1020. The maximum atomic E-state index is 12.6. The summed E-state index contributed by atoms with van der Waals surface area (Å²) in [7, 11) is 0. The summed E-state index contributed by atoms with van der Waals surface area (Å²) < 4.78 is 0. The molecule has 2 amide bonds. The number of hydrogen-bond acceptors (Lipinski definition) is 4. The number of fused-ring (bicyclic) bond motifs is 1. The van der Waals surface area contributed by atoms with Gasteiger partial charge in [0.05, 0.1) is 24.5 Å². The molecule has 7 heteroatoms. The molecule has 0 atom stereocenters. The molecule has 2 aromatic carbocycles. The molecule has 4 nitrogen and oxygen atoms in total. The van der Waals surface area contributed by atoms with E-state index >= 15 is 0 Å². The van der Waals surface area contributed by atoms with Crippen molar-refractivity contribution in [1.29, 1.82) is 0 Å². The topological polar surface area (TPSA) is 49.4 Å². The number of hydrogen-bond donors (Lipinski definition) is 1. The number of nitrogens with zero attached hydrogens (tertiary/aromatic N) is 1. The molecule has 0 unspecified atom stereocenters. The maximum Gasteiger partial charge on any atom is 0.251 e. The lowest BCUT2D eigenvalue weighted by molar-refractivity contribution is -0.116. The van der Waals surface area contributed by atoms with Crippen LogP contribution in [0.4, 0.5) is 5.69 Å². The third kappa shape index (κ3) is 4.09. The number of thiophene rings is 1. The van der Waals surface area contributed by atoms with Gasteiger partial charge in [0, 0.05) is 20.4 Å². The number of anilines is 1. The highest BCUT2D eigenvalue weighted by Gasteiger charge is 2.26. The Labute approximate surface area is 176 Å². The second kappa shape index (κ2) is 8.39. The Balaban J connectivity index is 1.58. The highest BCUT2D eigenvalue weighted by atomic mass is 35.5. The summed E-state index contributed by atoms with van der Waals surface area (Å²) in [5, 5.41) is 5.54. The second-order valence-electron chi connectivity index (χ2n) is 6.30. The quantitative estimate of drug-likeness (QED) is 0.624. The van der Waals surface area contributed by atoms with Gasteiger partial charge in [-0.25, -0.2) is 0 Å². The summed E-state index contributed by atoms with van der Waals surface area (Å²) in [6, 6.07) is 16.9. The molecule has 1 aromatic heterocycles. The van der Waals surface area contributed by atoms with E-state index in [9.17, 15) is 9.59 Å². The smallest absolute Gasteiger partial charge is 0.251 e. The van der Waals surface area contributed by atoms with Gasteiger partial charge in [0.15, 0.2) is 0 Å². The van der Waals surface area contributed by atoms with Gasteiger partial charge in [0.25, 0.3) is 5.91 Å². The van der Waals surface area contributed by atoms with E-state index in [1.807, 2.05) is 47.8 Å². The fraction of sp³-hybridized carbons (Fsp3) is 0.143. The number of benzene rings is 2. The molecule has 0 spiro atoms. The minimum atomic E-state index is -0.156. The van der Waals surface area contributed by atoms with Gasteiger partial charge in [0.2, 0.25) is 5.91 Å². The SMILES string of the molecule is O=C(NCc1cccs1)c1ccc2c(c1)N(Cc1ccccc1Cl)C(=O)CS2. The van der Waals surface area contributed by atoms with Crippen molar-refractivity contribution in [2.24, 2.45) is 0 Å². The largest absolute Gasteiger partial charge is 0.347 e. The van der Waals surface area contributed by atoms with Crippen LogP contribution in [0.1, 0.15) is 20.8 Å². The molecule has 28 heavy (non-hydrogen) atoms. The zero-order valence-electron chi connectivity index (χ0n) is 14.9. The van der Waals surface area contributed by atoms with Crippen molar-refractivity contribution in [3.05, 3.63) is 81.0 Å². The Morgan fingerprint density at radius 2 is 2.00 bits per heavy atom. The summed E-state index contributed by atoms with van der Waals surface area (Å²) in [5.74, 6) is 0.229. The van der Waals surface area contributed by atoms with Gasteiger partial charge in [0.1, 0.15) is 0 Å². The van der Waals surface area contributed by atoms with Gasteiger partial charge in [-0.3, -0.25) is 9.59 Å². The van der Waals surface area contributed by atoms with E-state index in [0.29, 0.717) is 29.4 Å². The first-order chi connectivity index (χ1) is 13.6. The standard InChI is InChI=1S/C21H17ClN2O2S2/c22-17-6-2-1-4-15(17)12-24-18-10-14(7-8-19(18)28-13-20(24)25)21(26)23-11-16-5-3-9-27-16/h1-10H,11-13H2,(H,23,26). The van der Waals surface area contributed by atoms with E-state index in [4.69, 9.17) is 11.6 Å². The molecule has 0 bridgehead atoms. The molecule has 1 N–H and O–H groups in total. The van der Waals surface area contributed by atoms with E-state index in [1.165, 1.54) is 11.8 Å². The number of nitrogens with one attached hydrogen (secondary N) is 1. The van der Waals surface area contributed by atoms with Crippen LogP contribution in [0.25, 0.3) is 0 Å². The van der Waals surface area contributed by atoms with Crippen LogP contribution >= 0.6 is 34.7 Å². The van der Waals surface area contributed by atoms with Crippen LogP contribution in [0.5, 0.6) is 0 Å². The van der Waals surface area contributed by atoms with Crippen LogP contribution in [-0.4, -0.2) is 17.6 Å². The Hall–Kier alpha value is -2.28. The molecule has 1 aliphatic heterocycles. The molecule has 142 valence electrons. The number of rotatable bonds is 5. The second-order valence-corrected chi connectivity index (χ2v) is 8.76. The maximum absolute atomic E-state index is 12.6. The Kier molecular flexibility index (Phi) is 5.71.